The van der Waals surface area contributed by atoms with Crippen LogP contribution in [0.3, 0.4) is 0 Å². The zero-order chi connectivity index (χ0) is 22.0. The maximum absolute atomic E-state index is 13.1. The number of hydrogen-bond acceptors (Lipinski definition) is 4. The van der Waals surface area contributed by atoms with Gasteiger partial charge in [-0.25, -0.2) is 4.98 Å². The maximum atomic E-state index is 13.1. The average Bonchev–Trinajstić information content (AvgIpc) is 3.09. The molecule has 0 radical (unpaired) electrons. The summed E-state index contributed by atoms with van der Waals surface area (Å²) in [6.45, 7) is 1.59. The Balaban J connectivity index is 1.68. The van der Waals surface area contributed by atoms with Crippen LogP contribution in [0.25, 0.3) is 11.0 Å². The summed E-state index contributed by atoms with van der Waals surface area (Å²) in [6, 6.07) is 21.7. The first kappa shape index (κ1) is 20.3. The van der Waals surface area contributed by atoms with Crippen molar-refractivity contribution in [2.75, 3.05) is 0 Å². The van der Waals surface area contributed by atoms with Crippen molar-refractivity contribution in [1.29, 1.82) is 0 Å². The minimum atomic E-state index is -0.472. The van der Waals surface area contributed by atoms with E-state index in [-0.39, 0.29) is 17.6 Å². The normalized spacial score (nSPS) is 11.9. The SMILES string of the molecule is Cc1c(C(=O)N[C@@H](Cc2nc3ccccc3n2C)c2ccccc2)cccc1[N+](=O)[O-]. The van der Waals surface area contributed by atoms with E-state index in [0.29, 0.717) is 17.5 Å². The van der Waals surface area contributed by atoms with E-state index in [0.717, 1.165) is 22.4 Å². The number of carbonyl (C=O) groups excluding carboxylic acids is 1. The van der Waals surface area contributed by atoms with Gasteiger partial charge < -0.3 is 9.88 Å². The van der Waals surface area contributed by atoms with E-state index in [2.05, 4.69) is 5.32 Å². The minimum absolute atomic E-state index is 0.0701. The monoisotopic (exact) mass is 414 g/mol. The first-order valence-electron chi connectivity index (χ1n) is 9.96. The molecule has 1 atom stereocenters. The van der Waals surface area contributed by atoms with E-state index in [1.165, 1.54) is 12.1 Å². The number of rotatable bonds is 6. The molecule has 4 aromatic rings. The number of nitro groups is 1. The Morgan fingerprint density at radius 1 is 1.06 bits per heavy atom. The lowest BCUT2D eigenvalue weighted by molar-refractivity contribution is -0.385. The fraction of sp³-hybridized carbons (Fsp3) is 0.167. The van der Waals surface area contributed by atoms with Crippen molar-refractivity contribution >= 4 is 22.6 Å². The maximum Gasteiger partial charge on any atom is 0.273 e. The van der Waals surface area contributed by atoms with Crippen molar-refractivity contribution in [3.8, 4) is 0 Å². The molecule has 0 aliphatic rings. The number of aromatic nitrogens is 2. The molecule has 0 saturated heterocycles. The largest absolute Gasteiger partial charge is 0.345 e. The van der Waals surface area contributed by atoms with E-state index < -0.39 is 4.92 Å². The van der Waals surface area contributed by atoms with Crippen molar-refractivity contribution in [1.82, 2.24) is 14.9 Å². The summed E-state index contributed by atoms with van der Waals surface area (Å²) in [5, 5.41) is 14.3. The summed E-state index contributed by atoms with van der Waals surface area (Å²) in [4.78, 5) is 28.6. The zero-order valence-electron chi connectivity index (χ0n) is 17.3. The Bertz CT molecular complexity index is 1260. The fourth-order valence-electron chi connectivity index (χ4n) is 3.80. The van der Waals surface area contributed by atoms with E-state index >= 15 is 0 Å². The van der Waals surface area contributed by atoms with Crippen molar-refractivity contribution in [3.63, 3.8) is 0 Å². The van der Waals surface area contributed by atoms with E-state index in [4.69, 9.17) is 4.98 Å². The van der Waals surface area contributed by atoms with Crippen molar-refractivity contribution in [3.05, 3.63) is 105 Å². The second-order valence-electron chi connectivity index (χ2n) is 7.42. The van der Waals surface area contributed by atoms with Gasteiger partial charge in [0.2, 0.25) is 0 Å². The molecule has 0 saturated carbocycles. The van der Waals surface area contributed by atoms with Gasteiger partial charge in [0.05, 0.1) is 22.0 Å². The van der Waals surface area contributed by atoms with E-state index in [9.17, 15) is 14.9 Å². The number of amides is 1. The number of nitrogens with zero attached hydrogens (tertiary/aromatic N) is 3. The van der Waals surface area contributed by atoms with Gasteiger partial charge in [0, 0.05) is 30.7 Å². The molecule has 3 aromatic carbocycles. The summed E-state index contributed by atoms with van der Waals surface area (Å²) >= 11 is 0. The summed E-state index contributed by atoms with van der Waals surface area (Å²) in [7, 11) is 1.96. The van der Waals surface area contributed by atoms with Gasteiger partial charge in [-0.1, -0.05) is 48.5 Å². The summed E-state index contributed by atoms with van der Waals surface area (Å²) in [5.74, 6) is 0.486. The van der Waals surface area contributed by atoms with Gasteiger partial charge >= 0.3 is 0 Å². The molecule has 1 heterocycles. The predicted octanol–water partition coefficient (Wildman–Crippen LogP) is 4.50. The van der Waals surface area contributed by atoms with Crippen molar-refractivity contribution in [2.45, 2.75) is 19.4 Å². The Kier molecular flexibility index (Phi) is 5.49. The third kappa shape index (κ3) is 4.02. The van der Waals surface area contributed by atoms with Crippen LogP contribution in [0.5, 0.6) is 0 Å². The van der Waals surface area contributed by atoms with Gasteiger partial charge in [-0.05, 0) is 30.7 Å². The fourth-order valence-corrected chi connectivity index (χ4v) is 3.80. The Labute approximate surface area is 179 Å². The van der Waals surface area contributed by atoms with E-state index in [1.807, 2.05) is 66.2 Å². The molecule has 1 N–H and O–H groups in total. The molecule has 156 valence electrons. The average molecular weight is 414 g/mol. The lowest BCUT2D eigenvalue weighted by Gasteiger charge is -2.20. The molecule has 0 aliphatic heterocycles. The minimum Gasteiger partial charge on any atom is -0.345 e. The lowest BCUT2D eigenvalue weighted by atomic mass is 10.0. The number of para-hydroxylation sites is 2. The molecule has 7 nitrogen and oxygen atoms in total. The number of nitro benzene ring substituents is 1. The van der Waals surface area contributed by atoms with Crippen LogP contribution in [0.4, 0.5) is 5.69 Å². The first-order valence-corrected chi connectivity index (χ1v) is 9.96. The van der Waals surface area contributed by atoms with Gasteiger partial charge in [-0.3, -0.25) is 14.9 Å². The molecule has 1 aromatic heterocycles. The molecule has 0 spiro atoms. The van der Waals surface area contributed by atoms with Crippen LogP contribution in [0.1, 0.15) is 33.4 Å². The molecule has 7 heteroatoms. The molecule has 31 heavy (non-hydrogen) atoms. The molecule has 0 unspecified atom stereocenters. The molecule has 0 aliphatic carbocycles. The number of aryl methyl sites for hydroxylation is 1. The highest BCUT2D eigenvalue weighted by molar-refractivity contribution is 5.96. The molecule has 0 fully saturated rings. The van der Waals surface area contributed by atoms with Crippen LogP contribution >= 0.6 is 0 Å². The Hall–Kier alpha value is -4.00. The highest BCUT2D eigenvalue weighted by Gasteiger charge is 2.23. The lowest BCUT2D eigenvalue weighted by Crippen LogP contribution is -2.31. The molecule has 0 bridgehead atoms. The van der Waals surface area contributed by atoms with Gasteiger partial charge in [0.25, 0.3) is 11.6 Å². The van der Waals surface area contributed by atoms with Gasteiger partial charge in [-0.15, -0.1) is 0 Å². The standard InChI is InChI=1S/C24H22N4O3/c1-16-18(11-8-14-21(16)28(30)31)24(29)26-20(17-9-4-3-5-10-17)15-23-25-19-12-6-7-13-22(19)27(23)2/h3-14,20H,15H2,1-2H3,(H,26,29)/t20-/m0/s1. The number of hydrogen-bond donors (Lipinski definition) is 1. The number of nitrogens with one attached hydrogen (secondary N) is 1. The van der Waals surface area contributed by atoms with Crippen LogP contribution in [0, 0.1) is 17.0 Å². The predicted molar refractivity (Wildman–Crippen MR) is 119 cm³/mol. The Morgan fingerprint density at radius 2 is 1.77 bits per heavy atom. The summed E-state index contributed by atoms with van der Waals surface area (Å²) in [6.07, 6.45) is 0.481. The highest BCUT2D eigenvalue weighted by atomic mass is 16.6. The van der Waals surface area contributed by atoms with Crippen LogP contribution in [-0.2, 0) is 13.5 Å². The van der Waals surface area contributed by atoms with Crippen molar-refractivity contribution in [2.24, 2.45) is 7.05 Å². The second kappa shape index (κ2) is 8.39. The Morgan fingerprint density at radius 3 is 2.48 bits per heavy atom. The number of fused-ring (bicyclic) bond motifs is 1. The number of imidazole rings is 1. The third-order valence-corrected chi connectivity index (χ3v) is 5.52. The van der Waals surface area contributed by atoms with E-state index in [1.54, 1.807) is 13.0 Å². The van der Waals surface area contributed by atoms with Crippen LogP contribution in [-0.4, -0.2) is 20.4 Å². The summed E-state index contributed by atoms with van der Waals surface area (Å²) in [5.41, 5.74) is 3.42. The molecular formula is C24H22N4O3. The molecule has 4 rings (SSSR count). The third-order valence-electron chi connectivity index (χ3n) is 5.52. The second-order valence-corrected chi connectivity index (χ2v) is 7.42. The quantitative estimate of drug-likeness (QED) is 0.371. The first-order chi connectivity index (χ1) is 15.0. The summed E-state index contributed by atoms with van der Waals surface area (Å²) < 4.78 is 2.02. The molecular weight excluding hydrogens is 392 g/mol. The highest BCUT2D eigenvalue weighted by Crippen LogP contribution is 2.24. The van der Waals surface area contributed by atoms with Crippen molar-refractivity contribution < 1.29 is 9.72 Å². The number of carbonyl (C=O) groups is 1. The molecule has 1 amide bonds. The van der Waals surface area contributed by atoms with Crippen LogP contribution < -0.4 is 5.32 Å². The number of benzene rings is 3. The smallest absolute Gasteiger partial charge is 0.273 e. The van der Waals surface area contributed by atoms with Crippen LogP contribution in [0.15, 0.2) is 72.8 Å². The topological polar surface area (TPSA) is 90.1 Å². The zero-order valence-corrected chi connectivity index (χ0v) is 17.3. The van der Waals surface area contributed by atoms with Gasteiger partial charge in [0.15, 0.2) is 0 Å². The van der Waals surface area contributed by atoms with Gasteiger partial charge in [-0.2, -0.15) is 0 Å². The van der Waals surface area contributed by atoms with Gasteiger partial charge in [0.1, 0.15) is 5.82 Å². The van der Waals surface area contributed by atoms with Crippen LogP contribution in [0.2, 0.25) is 0 Å².